The summed E-state index contributed by atoms with van der Waals surface area (Å²) in [5, 5.41) is 19.5. The number of hydrogen-bond acceptors (Lipinski definition) is 3. The van der Waals surface area contributed by atoms with E-state index in [0.29, 0.717) is 0 Å². The summed E-state index contributed by atoms with van der Waals surface area (Å²) in [7, 11) is 0. The predicted molar refractivity (Wildman–Crippen MR) is 75.0 cm³/mol. The van der Waals surface area contributed by atoms with Crippen molar-refractivity contribution in [3.8, 4) is 0 Å². The van der Waals surface area contributed by atoms with Gasteiger partial charge in [0.1, 0.15) is 6.04 Å². The van der Waals surface area contributed by atoms with Crippen LogP contribution in [0.2, 0.25) is 0 Å². The summed E-state index contributed by atoms with van der Waals surface area (Å²) in [5.41, 5.74) is 0.743. The smallest absolute Gasteiger partial charge is 0.326 e. The number of hydrogen-bond donors (Lipinski definition) is 3. The topological polar surface area (TPSA) is 104 Å². The molecular formula is C13H12BrNO5. The van der Waals surface area contributed by atoms with Crippen molar-refractivity contribution >= 4 is 39.9 Å². The minimum atomic E-state index is -1.45. The molecule has 0 aliphatic rings. The third-order valence-corrected chi connectivity index (χ3v) is 3.03. The number of benzene rings is 1. The van der Waals surface area contributed by atoms with Gasteiger partial charge in [0, 0.05) is 10.5 Å². The summed E-state index contributed by atoms with van der Waals surface area (Å²) in [6.07, 6.45) is 1.97. The molecule has 6 nitrogen and oxygen atoms in total. The zero-order valence-electron chi connectivity index (χ0n) is 10.2. The van der Waals surface area contributed by atoms with Crippen LogP contribution in [0.25, 0.3) is 6.08 Å². The van der Waals surface area contributed by atoms with E-state index in [-0.39, 0.29) is 0 Å². The standard InChI is InChI=1S/C13H12BrNO5/c14-9-4-2-1-3-8(9)5-6-11(16)15-10(13(19)20)7-12(17)18/h1-6,10H,7H2,(H,15,16)(H,17,18)(H,19,20)/b6-5+. The third-order valence-electron chi connectivity index (χ3n) is 2.31. The van der Waals surface area contributed by atoms with Crippen LogP contribution in [0.15, 0.2) is 34.8 Å². The van der Waals surface area contributed by atoms with Gasteiger partial charge in [-0.2, -0.15) is 0 Å². The van der Waals surface area contributed by atoms with Crippen LogP contribution in [0.5, 0.6) is 0 Å². The van der Waals surface area contributed by atoms with Gasteiger partial charge in [0.15, 0.2) is 0 Å². The quantitative estimate of drug-likeness (QED) is 0.680. The molecule has 0 bridgehead atoms. The average molecular weight is 342 g/mol. The first-order chi connectivity index (χ1) is 9.40. The third kappa shape index (κ3) is 5.23. The van der Waals surface area contributed by atoms with Crippen LogP contribution in [0.4, 0.5) is 0 Å². The lowest BCUT2D eigenvalue weighted by atomic mass is 10.2. The highest BCUT2D eigenvalue weighted by Gasteiger charge is 2.21. The van der Waals surface area contributed by atoms with Crippen molar-refractivity contribution in [2.24, 2.45) is 0 Å². The fourth-order valence-corrected chi connectivity index (χ4v) is 1.79. The van der Waals surface area contributed by atoms with Crippen LogP contribution in [-0.2, 0) is 14.4 Å². The van der Waals surface area contributed by atoms with Crippen LogP contribution < -0.4 is 5.32 Å². The highest BCUT2D eigenvalue weighted by molar-refractivity contribution is 9.10. The lowest BCUT2D eigenvalue weighted by Crippen LogP contribution is -2.41. The molecular weight excluding hydrogens is 330 g/mol. The Hall–Kier alpha value is -2.15. The Bertz CT molecular complexity index is 555. The average Bonchev–Trinajstić information content (AvgIpc) is 2.36. The molecule has 0 saturated heterocycles. The van der Waals surface area contributed by atoms with Gasteiger partial charge in [0.2, 0.25) is 5.91 Å². The maximum absolute atomic E-state index is 11.6. The molecule has 7 heteroatoms. The number of carboxylic acid groups (broad SMARTS) is 2. The van der Waals surface area contributed by atoms with E-state index in [2.05, 4.69) is 21.2 Å². The summed E-state index contributed by atoms with van der Waals surface area (Å²) in [6, 6.07) is 5.70. The maximum atomic E-state index is 11.6. The Balaban J connectivity index is 2.69. The van der Waals surface area contributed by atoms with Gasteiger partial charge in [-0.25, -0.2) is 4.79 Å². The van der Waals surface area contributed by atoms with Gasteiger partial charge < -0.3 is 15.5 Å². The monoisotopic (exact) mass is 341 g/mol. The van der Waals surface area contributed by atoms with Crippen molar-refractivity contribution in [1.82, 2.24) is 5.32 Å². The van der Waals surface area contributed by atoms with Gasteiger partial charge in [-0.3, -0.25) is 9.59 Å². The zero-order chi connectivity index (χ0) is 15.1. The SMILES string of the molecule is O=C(O)CC(NC(=O)/C=C/c1ccccc1Br)C(=O)O. The first-order valence-corrected chi connectivity index (χ1v) is 6.37. The molecule has 1 amide bonds. The molecule has 1 rings (SSSR count). The molecule has 0 saturated carbocycles. The zero-order valence-corrected chi connectivity index (χ0v) is 11.8. The number of halogens is 1. The number of carboxylic acids is 2. The summed E-state index contributed by atoms with van der Waals surface area (Å²) >= 11 is 3.30. The van der Waals surface area contributed by atoms with E-state index in [0.717, 1.165) is 16.1 Å². The van der Waals surface area contributed by atoms with Gasteiger partial charge in [-0.15, -0.1) is 0 Å². The lowest BCUT2D eigenvalue weighted by Gasteiger charge is -2.10. The summed E-state index contributed by atoms with van der Waals surface area (Å²) in [4.78, 5) is 32.8. The summed E-state index contributed by atoms with van der Waals surface area (Å²) < 4.78 is 0.782. The molecule has 0 heterocycles. The summed E-state index contributed by atoms with van der Waals surface area (Å²) in [6.45, 7) is 0. The molecule has 1 unspecified atom stereocenters. The van der Waals surface area contributed by atoms with Crippen molar-refractivity contribution < 1.29 is 24.6 Å². The Kier molecular flexibility index (Phi) is 5.92. The number of amides is 1. The summed E-state index contributed by atoms with van der Waals surface area (Å²) in [5.74, 6) is -3.36. The highest BCUT2D eigenvalue weighted by atomic mass is 79.9. The van der Waals surface area contributed by atoms with Crippen LogP contribution >= 0.6 is 15.9 Å². The molecule has 20 heavy (non-hydrogen) atoms. The number of carbonyl (C=O) groups excluding carboxylic acids is 1. The first kappa shape index (κ1) is 15.9. The number of aliphatic carboxylic acids is 2. The number of nitrogens with one attached hydrogen (secondary N) is 1. The maximum Gasteiger partial charge on any atom is 0.326 e. The Morgan fingerprint density at radius 2 is 1.90 bits per heavy atom. The Morgan fingerprint density at radius 3 is 2.45 bits per heavy atom. The van der Waals surface area contributed by atoms with Gasteiger partial charge >= 0.3 is 11.9 Å². The molecule has 0 fully saturated rings. The molecule has 3 N–H and O–H groups in total. The molecule has 1 atom stereocenters. The fraction of sp³-hybridized carbons (Fsp3) is 0.154. The molecule has 0 aliphatic carbocycles. The van der Waals surface area contributed by atoms with E-state index >= 15 is 0 Å². The molecule has 0 aromatic heterocycles. The Morgan fingerprint density at radius 1 is 1.25 bits per heavy atom. The minimum Gasteiger partial charge on any atom is -0.481 e. The Labute approximate surface area is 123 Å². The van der Waals surface area contributed by atoms with Gasteiger partial charge in [0.05, 0.1) is 6.42 Å². The second-order valence-electron chi connectivity index (χ2n) is 3.85. The van der Waals surface area contributed by atoms with Crippen LogP contribution in [0, 0.1) is 0 Å². The molecule has 0 spiro atoms. The molecule has 0 aliphatic heterocycles. The van der Waals surface area contributed by atoms with E-state index in [4.69, 9.17) is 10.2 Å². The highest BCUT2D eigenvalue weighted by Crippen LogP contribution is 2.16. The van der Waals surface area contributed by atoms with Crippen LogP contribution in [0.1, 0.15) is 12.0 Å². The molecule has 0 radical (unpaired) electrons. The first-order valence-electron chi connectivity index (χ1n) is 5.58. The van der Waals surface area contributed by atoms with Crippen LogP contribution in [-0.4, -0.2) is 34.1 Å². The van der Waals surface area contributed by atoms with Gasteiger partial charge in [0.25, 0.3) is 0 Å². The number of carbonyl (C=O) groups is 3. The van der Waals surface area contributed by atoms with Crippen molar-refractivity contribution in [1.29, 1.82) is 0 Å². The van der Waals surface area contributed by atoms with E-state index in [1.165, 1.54) is 6.08 Å². The predicted octanol–water partition coefficient (Wildman–Crippen LogP) is 1.51. The van der Waals surface area contributed by atoms with Crippen molar-refractivity contribution in [2.75, 3.05) is 0 Å². The number of rotatable bonds is 6. The van der Waals surface area contributed by atoms with E-state index in [9.17, 15) is 14.4 Å². The lowest BCUT2D eigenvalue weighted by molar-refractivity contribution is -0.146. The van der Waals surface area contributed by atoms with E-state index < -0.39 is 30.3 Å². The molecule has 106 valence electrons. The second kappa shape index (κ2) is 7.44. The van der Waals surface area contributed by atoms with Gasteiger partial charge in [-0.05, 0) is 17.7 Å². The molecule has 1 aromatic rings. The normalized spacial score (nSPS) is 12.1. The van der Waals surface area contributed by atoms with Gasteiger partial charge in [-0.1, -0.05) is 34.1 Å². The van der Waals surface area contributed by atoms with Crippen molar-refractivity contribution in [3.05, 3.63) is 40.4 Å². The molecule has 1 aromatic carbocycles. The minimum absolute atomic E-state index is 0.672. The van der Waals surface area contributed by atoms with Crippen LogP contribution in [0.3, 0.4) is 0 Å². The fourth-order valence-electron chi connectivity index (χ4n) is 1.37. The van der Waals surface area contributed by atoms with Crippen molar-refractivity contribution in [3.63, 3.8) is 0 Å². The van der Waals surface area contributed by atoms with E-state index in [1.807, 2.05) is 6.07 Å². The largest absolute Gasteiger partial charge is 0.481 e. The van der Waals surface area contributed by atoms with Crippen molar-refractivity contribution in [2.45, 2.75) is 12.5 Å². The second-order valence-corrected chi connectivity index (χ2v) is 4.71. The van der Waals surface area contributed by atoms with E-state index in [1.54, 1.807) is 18.2 Å².